The van der Waals surface area contributed by atoms with E-state index in [1.807, 2.05) is 0 Å². The number of hydrogen-bond acceptors (Lipinski definition) is 3. The van der Waals surface area contributed by atoms with Crippen molar-refractivity contribution < 1.29 is 14.7 Å². The van der Waals surface area contributed by atoms with Crippen LogP contribution in [-0.4, -0.2) is 29.6 Å². The number of hydrogen-bond donors (Lipinski definition) is 3. The number of aliphatic hydroxyl groups is 1. The summed E-state index contributed by atoms with van der Waals surface area (Å²) in [7, 11) is 0. The number of amides is 2. The number of anilines is 1. The second-order valence-electron chi connectivity index (χ2n) is 3.82. The van der Waals surface area contributed by atoms with Crippen LogP contribution in [0.3, 0.4) is 0 Å². The van der Waals surface area contributed by atoms with Gasteiger partial charge in [0.15, 0.2) is 5.78 Å². The molecule has 1 unspecified atom stereocenters. The highest BCUT2D eigenvalue weighted by Crippen LogP contribution is 2.09. The monoisotopic (exact) mass is 236 g/mol. The van der Waals surface area contributed by atoms with Crippen molar-refractivity contribution in [2.45, 2.75) is 20.0 Å². The summed E-state index contributed by atoms with van der Waals surface area (Å²) in [6, 6.07) is 6.21. The first-order valence-corrected chi connectivity index (χ1v) is 5.33. The molecular weight excluding hydrogens is 220 g/mol. The SMILES string of the molecule is CC(=O)c1ccc(NC(=O)NCC(C)O)cc1. The molecule has 1 rings (SSSR count). The molecule has 2 amide bonds. The number of Topliss-reactive ketones (excluding diaryl/α,β-unsaturated/α-hetero) is 1. The fraction of sp³-hybridized carbons (Fsp3) is 0.333. The fourth-order valence-corrected chi connectivity index (χ4v) is 1.20. The second kappa shape index (κ2) is 6.00. The van der Waals surface area contributed by atoms with Gasteiger partial charge in [0, 0.05) is 17.8 Å². The molecule has 5 heteroatoms. The molecule has 0 radical (unpaired) electrons. The third-order valence-corrected chi connectivity index (χ3v) is 2.11. The number of nitrogens with one attached hydrogen (secondary N) is 2. The van der Waals surface area contributed by atoms with Gasteiger partial charge in [-0.15, -0.1) is 0 Å². The summed E-state index contributed by atoms with van der Waals surface area (Å²) >= 11 is 0. The third kappa shape index (κ3) is 4.65. The normalized spacial score (nSPS) is 11.7. The van der Waals surface area contributed by atoms with Gasteiger partial charge >= 0.3 is 6.03 Å². The number of rotatable bonds is 4. The van der Waals surface area contributed by atoms with Crippen LogP contribution in [0.25, 0.3) is 0 Å². The molecule has 0 aliphatic carbocycles. The highest BCUT2D eigenvalue weighted by Gasteiger charge is 2.04. The predicted octanol–water partition coefficient (Wildman–Crippen LogP) is 1.39. The molecule has 0 bridgehead atoms. The molecule has 1 aromatic carbocycles. The van der Waals surface area contributed by atoms with E-state index in [4.69, 9.17) is 5.11 Å². The van der Waals surface area contributed by atoms with Crippen LogP contribution in [0.4, 0.5) is 10.5 Å². The van der Waals surface area contributed by atoms with Gasteiger partial charge < -0.3 is 15.7 Å². The van der Waals surface area contributed by atoms with Gasteiger partial charge in [0.05, 0.1) is 6.10 Å². The number of carbonyl (C=O) groups is 2. The summed E-state index contributed by atoms with van der Waals surface area (Å²) in [4.78, 5) is 22.4. The van der Waals surface area contributed by atoms with Crippen molar-refractivity contribution in [1.29, 1.82) is 0 Å². The number of carbonyl (C=O) groups excluding carboxylic acids is 2. The molecule has 1 atom stereocenters. The molecule has 0 fully saturated rings. The number of aliphatic hydroxyl groups excluding tert-OH is 1. The summed E-state index contributed by atoms with van der Waals surface area (Å²) in [6.45, 7) is 3.26. The van der Waals surface area contributed by atoms with Crippen LogP contribution >= 0.6 is 0 Å². The molecule has 17 heavy (non-hydrogen) atoms. The standard InChI is InChI=1S/C12H16N2O3/c1-8(15)7-13-12(17)14-11-5-3-10(4-6-11)9(2)16/h3-6,8,15H,7H2,1-2H3,(H2,13,14,17). The minimum Gasteiger partial charge on any atom is -0.392 e. The summed E-state index contributed by atoms with van der Waals surface area (Å²) in [5.74, 6) is -0.0184. The van der Waals surface area contributed by atoms with Crippen LogP contribution < -0.4 is 10.6 Å². The van der Waals surface area contributed by atoms with Gasteiger partial charge in [-0.3, -0.25) is 4.79 Å². The van der Waals surface area contributed by atoms with Crippen molar-refractivity contribution in [1.82, 2.24) is 5.32 Å². The largest absolute Gasteiger partial charge is 0.392 e. The van der Waals surface area contributed by atoms with Crippen LogP contribution in [0.2, 0.25) is 0 Å². The first-order valence-electron chi connectivity index (χ1n) is 5.33. The summed E-state index contributed by atoms with van der Waals surface area (Å²) < 4.78 is 0. The van der Waals surface area contributed by atoms with E-state index in [9.17, 15) is 9.59 Å². The quantitative estimate of drug-likeness (QED) is 0.691. The average molecular weight is 236 g/mol. The molecule has 0 spiro atoms. The van der Waals surface area contributed by atoms with Crippen molar-refractivity contribution in [3.63, 3.8) is 0 Å². The highest BCUT2D eigenvalue weighted by molar-refractivity contribution is 5.95. The molecule has 0 saturated heterocycles. The molecular formula is C12H16N2O3. The highest BCUT2D eigenvalue weighted by atomic mass is 16.3. The van der Waals surface area contributed by atoms with Gasteiger partial charge in [0.2, 0.25) is 0 Å². The maximum absolute atomic E-state index is 11.3. The first-order chi connectivity index (χ1) is 7.99. The maximum atomic E-state index is 11.3. The lowest BCUT2D eigenvalue weighted by Crippen LogP contribution is -2.34. The second-order valence-corrected chi connectivity index (χ2v) is 3.82. The molecule has 1 aromatic rings. The van der Waals surface area contributed by atoms with Crippen LogP contribution in [0.15, 0.2) is 24.3 Å². The van der Waals surface area contributed by atoms with Crippen molar-refractivity contribution in [2.24, 2.45) is 0 Å². The van der Waals surface area contributed by atoms with Crippen LogP contribution in [0.5, 0.6) is 0 Å². The van der Waals surface area contributed by atoms with E-state index in [1.54, 1.807) is 31.2 Å². The summed E-state index contributed by atoms with van der Waals surface area (Å²) in [5.41, 5.74) is 1.19. The van der Waals surface area contributed by atoms with Crippen molar-refractivity contribution in [2.75, 3.05) is 11.9 Å². The zero-order valence-corrected chi connectivity index (χ0v) is 9.86. The van der Waals surface area contributed by atoms with E-state index in [-0.39, 0.29) is 18.4 Å². The maximum Gasteiger partial charge on any atom is 0.319 e. The topological polar surface area (TPSA) is 78.4 Å². The lowest BCUT2D eigenvalue weighted by molar-refractivity contribution is 0.101. The van der Waals surface area contributed by atoms with E-state index in [1.165, 1.54) is 6.92 Å². The lowest BCUT2D eigenvalue weighted by Gasteiger charge is -2.09. The smallest absolute Gasteiger partial charge is 0.319 e. The van der Waals surface area contributed by atoms with E-state index in [0.29, 0.717) is 11.3 Å². The Bertz CT molecular complexity index is 399. The van der Waals surface area contributed by atoms with Gasteiger partial charge in [-0.2, -0.15) is 0 Å². The average Bonchev–Trinajstić information content (AvgIpc) is 2.27. The number of urea groups is 1. The van der Waals surface area contributed by atoms with Gasteiger partial charge in [-0.05, 0) is 38.1 Å². The van der Waals surface area contributed by atoms with Gasteiger partial charge in [0.1, 0.15) is 0 Å². The number of benzene rings is 1. The van der Waals surface area contributed by atoms with E-state index < -0.39 is 6.10 Å². The molecule has 0 aliphatic heterocycles. The Balaban J connectivity index is 2.51. The van der Waals surface area contributed by atoms with E-state index >= 15 is 0 Å². The minimum absolute atomic E-state index is 0.0184. The Hall–Kier alpha value is -1.88. The van der Waals surface area contributed by atoms with Gasteiger partial charge in [0.25, 0.3) is 0 Å². The minimum atomic E-state index is -0.583. The Kier molecular flexibility index (Phi) is 4.66. The zero-order chi connectivity index (χ0) is 12.8. The van der Waals surface area contributed by atoms with Gasteiger partial charge in [-0.25, -0.2) is 4.79 Å². The predicted molar refractivity (Wildman–Crippen MR) is 65.1 cm³/mol. The van der Waals surface area contributed by atoms with E-state index in [0.717, 1.165) is 0 Å². The zero-order valence-electron chi connectivity index (χ0n) is 9.86. The number of ketones is 1. The van der Waals surface area contributed by atoms with E-state index in [2.05, 4.69) is 10.6 Å². The molecule has 0 aliphatic rings. The van der Waals surface area contributed by atoms with Crippen molar-refractivity contribution in [3.8, 4) is 0 Å². The Morgan fingerprint density at radius 3 is 2.35 bits per heavy atom. The summed E-state index contributed by atoms with van der Waals surface area (Å²) in [5, 5.41) is 14.1. The van der Waals surface area contributed by atoms with Crippen LogP contribution in [0.1, 0.15) is 24.2 Å². The van der Waals surface area contributed by atoms with Crippen molar-refractivity contribution in [3.05, 3.63) is 29.8 Å². The van der Waals surface area contributed by atoms with Crippen LogP contribution in [-0.2, 0) is 0 Å². The first kappa shape index (κ1) is 13.2. The van der Waals surface area contributed by atoms with Gasteiger partial charge in [-0.1, -0.05) is 0 Å². The molecule has 0 heterocycles. The summed E-state index contributed by atoms with van der Waals surface area (Å²) in [6.07, 6.45) is -0.583. The molecule has 3 N–H and O–H groups in total. The Morgan fingerprint density at radius 2 is 1.88 bits per heavy atom. The fourth-order valence-electron chi connectivity index (χ4n) is 1.20. The molecule has 0 aromatic heterocycles. The third-order valence-electron chi connectivity index (χ3n) is 2.11. The molecule has 5 nitrogen and oxygen atoms in total. The lowest BCUT2D eigenvalue weighted by atomic mass is 10.1. The Labute approximate surface area is 99.8 Å². The molecule has 0 saturated carbocycles. The van der Waals surface area contributed by atoms with Crippen LogP contribution in [0, 0.1) is 0 Å². The Morgan fingerprint density at radius 1 is 1.29 bits per heavy atom. The van der Waals surface area contributed by atoms with Crippen molar-refractivity contribution >= 4 is 17.5 Å². The molecule has 92 valence electrons.